The van der Waals surface area contributed by atoms with Gasteiger partial charge in [0.15, 0.2) is 5.13 Å². The number of hydrogen-bond donors (Lipinski definition) is 0. The van der Waals surface area contributed by atoms with E-state index in [1.54, 1.807) is 24.1 Å². The van der Waals surface area contributed by atoms with Crippen LogP contribution in [0.2, 0.25) is 0 Å². The second-order valence-corrected chi connectivity index (χ2v) is 12.0. The van der Waals surface area contributed by atoms with Crippen LogP contribution >= 0.6 is 11.3 Å². The van der Waals surface area contributed by atoms with Gasteiger partial charge in [0.1, 0.15) is 23.1 Å². The lowest BCUT2D eigenvalue weighted by molar-refractivity contribution is -0.121. The number of nitrogens with zero attached hydrogens (tertiary/aromatic N) is 3. The SMILES string of the molecule is COc1ccc(S(=O)(=O)N2CCCC2C(=O)N(Cc2ccccc2)c2nc3c(OC)ccc(C)c3s2)cc1. The van der Waals surface area contributed by atoms with Crippen molar-refractivity contribution in [1.82, 2.24) is 9.29 Å². The molecule has 4 aromatic rings. The van der Waals surface area contributed by atoms with Crippen LogP contribution in [0, 0.1) is 6.92 Å². The Morgan fingerprint density at radius 2 is 1.79 bits per heavy atom. The Bertz CT molecular complexity index is 1550. The molecular weight excluding hydrogens is 522 g/mol. The summed E-state index contributed by atoms with van der Waals surface area (Å²) in [4.78, 5) is 20.8. The van der Waals surface area contributed by atoms with Gasteiger partial charge >= 0.3 is 0 Å². The van der Waals surface area contributed by atoms with Crippen molar-refractivity contribution in [3.63, 3.8) is 0 Å². The zero-order chi connectivity index (χ0) is 26.9. The lowest BCUT2D eigenvalue weighted by Crippen LogP contribution is -2.47. The third kappa shape index (κ3) is 4.87. The third-order valence-corrected chi connectivity index (χ3v) is 9.88. The van der Waals surface area contributed by atoms with Gasteiger partial charge in [0, 0.05) is 6.54 Å². The molecule has 10 heteroatoms. The fourth-order valence-corrected chi connectivity index (χ4v) is 7.43. The van der Waals surface area contributed by atoms with Crippen molar-refractivity contribution < 1.29 is 22.7 Å². The van der Waals surface area contributed by atoms with Crippen LogP contribution in [0.1, 0.15) is 24.0 Å². The molecule has 1 atom stereocenters. The maximum Gasteiger partial charge on any atom is 0.247 e. The summed E-state index contributed by atoms with van der Waals surface area (Å²) in [7, 11) is -0.775. The van der Waals surface area contributed by atoms with Crippen LogP contribution in [0.5, 0.6) is 11.5 Å². The van der Waals surface area contributed by atoms with Crippen LogP contribution in [-0.4, -0.2) is 50.4 Å². The minimum Gasteiger partial charge on any atom is -0.497 e. The molecule has 0 radical (unpaired) electrons. The minimum atomic E-state index is -3.90. The van der Waals surface area contributed by atoms with Crippen molar-refractivity contribution in [2.45, 2.75) is 37.2 Å². The Hall–Kier alpha value is -3.47. The molecule has 2 heterocycles. The van der Waals surface area contributed by atoms with Gasteiger partial charge in [-0.05, 0) is 61.2 Å². The normalized spacial score (nSPS) is 16.0. The van der Waals surface area contributed by atoms with Crippen molar-refractivity contribution in [1.29, 1.82) is 0 Å². The largest absolute Gasteiger partial charge is 0.497 e. The Morgan fingerprint density at radius 3 is 2.47 bits per heavy atom. The van der Waals surface area contributed by atoms with Gasteiger partial charge in [-0.1, -0.05) is 47.7 Å². The topological polar surface area (TPSA) is 89.0 Å². The summed E-state index contributed by atoms with van der Waals surface area (Å²) >= 11 is 1.41. The summed E-state index contributed by atoms with van der Waals surface area (Å²) in [5, 5.41) is 0.509. The van der Waals surface area contributed by atoms with E-state index in [1.165, 1.54) is 34.9 Å². The van der Waals surface area contributed by atoms with Gasteiger partial charge in [-0.2, -0.15) is 4.31 Å². The van der Waals surface area contributed by atoms with E-state index in [2.05, 4.69) is 0 Å². The van der Waals surface area contributed by atoms with Crippen LogP contribution < -0.4 is 14.4 Å². The smallest absolute Gasteiger partial charge is 0.247 e. The van der Waals surface area contributed by atoms with Gasteiger partial charge in [-0.15, -0.1) is 0 Å². The minimum absolute atomic E-state index is 0.132. The summed E-state index contributed by atoms with van der Waals surface area (Å²) in [5.74, 6) is 0.900. The molecule has 1 aromatic heterocycles. The quantitative estimate of drug-likeness (QED) is 0.306. The number of amides is 1. The lowest BCUT2D eigenvalue weighted by atomic mass is 10.1. The number of aromatic nitrogens is 1. The first-order valence-corrected chi connectivity index (χ1v) is 14.5. The summed E-state index contributed by atoms with van der Waals surface area (Å²) in [6.07, 6.45) is 1.03. The molecule has 8 nitrogen and oxygen atoms in total. The van der Waals surface area contributed by atoms with E-state index in [0.717, 1.165) is 15.8 Å². The molecule has 5 rings (SSSR count). The number of carbonyl (C=O) groups excluding carboxylic acids is 1. The Kier molecular flexibility index (Phi) is 7.38. The Labute approximate surface area is 226 Å². The van der Waals surface area contributed by atoms with Gasteiger partial charge in [0.2, 0.25) is 15.9 Å². The van der Waals surface area contributed by atoms with Gasteiger partial charge in [0.05, 0.1) is 30.4 Å². The van der Waals surface area contributed by atoms with Gasteiger partial charge in [-0.3, -0.25) is 9.69 Å². The average molecular weight is 552 g/mol. The molecule has 0 spiro atoms. The number of ether oxygens (including phenoxy) is 2. The maximum atomic E-state index is 14.2. The van der Waals surface area contributed by atoms with Crippen LogP contribution in [0.15, 0.2) is 71.6 Å². The van der Waals surface area contributed by atoms with E-state index < -0.39 is 16.1 Å². The maximum absolute atomic E-state index is 14.2. The molecule has 0 bridgehead atoms. The third-order valence-electron chi connectivity index (χ3n) is 6.75. The second kappa shape index (κ2) is 10.7. The van der Waals surface area contributed by atoms with Crippen LogP contribution in [-0.2, 0) is 21.4 Å². The fourth-order valence-electron chi connectivity index (χ4n) is 4.72. The van der Waals surface area contributed by atoms with Crippen molar-refractivity contribution in [3.8, 4) is 11.5 Å². The first-order chi connectivity index (χ1) is 18.3. The van der Waals surface area contributed by atoms with Crippen molar-refractivity contribution >= 4 is 42.6 Å². The highest BCUT2D eigenvalue weighted by molar-refractivity contribution is 7.89. The molecule has 0 aliphatic carbocycles. The number of sulfonamides is 1. The number of methoxy groups -OCH3 is 2. The van der Waals surface area contributed by atoms with E-state index in [0.29, 0.717) is 35.0 Å². The highest BCUT2D eigenvalue weighted by atomic mass is 32.2. The van der Waals surface area contributed by atoms with E-state index >= 15 is 0 Å². The van der Waals surface area contributed by atoms with Crippen molar-refractivity contribution in [2.24, 2.45) is 0 Å². The number of anilines is 1. The average Bonchev–Trinajstić information content (AvgIpc) is 3.61. The molecule has 3 aromatic carbocycles. The van der Waals surface area contributed by atoms with Crippen molar-refractivity contribution in [3.05, 3.63) is 77.9 Å². The molecule has 1 aliphatic heterocycles. The van der Waals surface area contributed by atoms with Crippen LogP contribution in [0.25, 0.3) is 10.2 Å². The zero-order valence-electron chi connectivity index (χ0n) is 21.5. The number of benzene rings is 3. The van der Waals surface area contributed by atoms with Gasteiger partial charge < -0.3 is 9.47 Å². The van der Waals surface area contributed by atoms with E-state index in [4.69, 9.17) is 14.5 Å². The molecule has 198 valence electrons. The lowest BCUT2D eigenvalue weighted by Gasteiger charge is -2.28. The predicted molar refractivity (Wildman–Crippen MR) is 148 cm³/mol. The molecule has 0 saturated carbocycles. The van der Waals surface area contributed by atoms with E-state index in [1.807, 2.05) is 49.4 Å². The van der Waals surface area contributed by atoms with E-state index in [-0.39, 0.29) is 23.9 Å². The molecular formula is C28H29N3O5S2. The number of aryl methyl sites for hydroxylation is 1. The highest BCUT2D eigenvalue weighted by Gasteiger charge is 2.42. The number of thiazole rings is 1. The number of carbonyl (C=O) groups is 1. The predicted octanol–water partition coefficient (Wildman–Crippen LogP) is 5.01. The summed E-state index contributed by atoms with van der Waals surface area (Å²) in [6, 6.07) is 18.9. The molecule has 0 N–H and O–H groups in total. The molecule has 38 heavy (non-hydrogen) atoms. The van der Waals surface area contributed by atoms with Crippen LogP contribution in [0.4, 0.5) is 5.13 Å². The van der Waals surface area contributed by atoms with E-state index in [9.17, 15) is 13.2 Å². The Morgan fingerprint density at radius 1 is 1.05 bits per heavy atom. The molecule has 1 amide bonds. The highest BCUT2D eigenvalue weighted by Crippen LogP contribution is 2.38. The molecule has 1 fully saturated rings. The molecule has 1 unspecified atom stereocenters. The van der Waals surface area contributed by atoms with Crippen LogP contribution in [0.3, 0.4) is 0 Å². The summed E-state index contributed by atoms with van der Waals surface area (Å²) in [6.45, 7) is 2.54. The number of rotatable bonds is 8. The zero-order valence-corrected chi connectivity index (χ0v) is 23.1. The van der Waals surface area contributed by atoms with Gasteiger partial charge in [0.25, 0.3) is 0 Å². The number of hydrogen-bond acceptors (Lipinski definition) is 7. The first kappa shape index (κ1) is 26.1. The summed E-state index contributed by atoms with van der Waals surface area (Å²) < 4.78 is 40.2. The number of fused-ring (bicyclic) bond motifs is 1. The fraction of sp³-hybridized carbons (Fsp3) is 0.286. The van der Waals surface area contributed by atoms with Crippen molar-refractivity contribution in [2.75, 3.05) is 25.7 Å². The van der Waals surface area contributed by atoms with Gasteiger partial charge in [-0.25, -0.2) is 13.4 Å². The standard InChI is InChI=1S/C28H29N3O5S2/c1-19-11-16-24(36-3)25-26(19)37-28(29-25)30(18-20-8-5-4-6-9-20)27(32)23-10-7-17-31(23)38(33,34)22-14-12-21(35-2)13-15-22/h4-6,8-9,11-16,23H,7,10,17-18H2,1-3H3. The Balaban J connectivity index is 1.54. The second-order valence-electron chi connectivity index (χ2n) is 9.12. The molecule has 1 aliphatic rings. The monoisotopic (exact) mass is 551 g/mol. The molecule has 1 saturated heterocycles. The summed E-state index contributed by atoms with van der Waals surface area (Å²) in [5.41, 5.74) is 2.64. The first-order valence-electron chi connectivity index (χ1n) is 12.3.